The molecule has 0 saturated carbocycles. The molecule has 62 valence electrons. The number of carboxylic acid groups (broad SMARTS) is 1. The van der Waals surface area contributed by atoms with Gasteiger partial charge < -0.3 is 20.4 Å². The first-order valence-electron chi connectivity index (χ1n) is 2.82. The molecule has 6 nitrogen and oxygen atoms in total. The zero-order chi connectivity index (χ0) is 9.30. The van der Waals surface area contributed by atoms with E-state index < -0.39 is 23.2 Å². The number of furan rings is 1. The lowest BCUT2D eigenvalue weighted by Crippen LogP contribution is -1.99. The van der Waals surface area contributed by atoms with E-state index in [4.69, 9.17) is 21.2 Å². The highest BCUT2D eigenvalue weighted by Crippen LogP contribution is 2.29. The highest BCUT2D eigenvalue weighted by molar-refractivity contribution is 5.97. The van der Waals surface area contributed by atoms with Crippen molar-refractivity contribution in [3.05, 3.63) is 11.3 Å². The van der Waals surface area contributed by atoms with E-state index in [0.717, 1.165) is 0 Å². The lowest BCUT2D eigenvalue weighted by Gasteiger charge is -1.88. The number of nitrogens with zero attached hydrogens (tertiary/aromatic N) is 1. The molecule has 0 amide bonds. The van der Waals surface area contributed by atoms with Crippen LogP contribution in [0.2, 0.25) is 0 Å². The molecule has 0 saturated heterocycles. The molecule has 1 aromatic rings. The molecule has 0 unspecified atom stereocenters. The maximum absolute atomic E-state index is 10.4. The van der Waals surface area contributed by atoms with Gasteiger partial charge in [-0.3, -0.25) is 0 Å². The summed E-state index contributed by atoms with van der Waals surface area (Å²) in [7, 11) is 0. The normalized spacial score (nSPS) is 9.25. The van der Waals surface area contributed by atoms with Crippen LogP contribution in [0, 0.1) is 11.3 Å². The molecular weight excluding hydrogens is 164 g/mol. The van der Waals surface area contributed by atoms with Crippen molar-refractivity contribution in [2.45, 2.75) is 0 Å². The van der Waals surface area contributed by atoms with E-state index in [1.165, 1.54) is 6.07 Å². The third-order valence-corrected chi connectivity index (χ3v) is 1.24. The molecule has 0 aliphatic carbocycles. The van der Waals surface area contributed by atoms with Gasteiger partial charge in [-0.15, -0.1) is 0 Å². The number of nitrogens with two attached hydrogens (primary N) is 1. The largest absolute Gasteiger partial charge is 0.480 e. The lowest BCUT2D eigenvalue weighted by molar-refractivity contribution is 0.0692. The van der Waals surface area contributed by atoms with E-state index in [2.05, 4.69) is 4.42 Å². The molecule has 12 heavy (non-hydrogen) atoms. The Morgan fingerprint density at radius 3 is 2.50 bits per heavy atom. The van der Waals surface area contributed by atoms with E-state index in [1.807, 2.05) is 0 Å². The molecule has 0 aliphatic heterocycles. The summed E-state index contributed by atoms with van der Waals surface area (Å²) in [6.07, 6.45) is 0. The first-order chi connectivity index (χ1) is 5.57. The third-order valence-electron chi connectivity index (χ3n) is 1.24. The van der Waals surface area contributed by atoms with Crippen LogP contribution in [0.4, 0.5) is 5.69 Å². The second-order valence-corrected chi connectivity index (χ2v) is 1.94. The van der Waals surface area contributed by atoms with Crippen LogP contribution in [-0.2, 0) is 0 Å². The van der Waals surface area contributed by atoms with E-state index in [9.17, 15) is 4.79 Å². The minimum Gasteiger partial charge on any atom is -0.480 e. The van der Waals surface area contributed by atoms with Gasteiger partial charge in [0.25, 0.3) is 5.95 Å². The van der Waals surface area contributed by atoms with Gasteiger partial charge in [-0.25, -0.2) is 4.79 Å². The average Bonchev–Trinajstić information content (AvgIpc) is 2.25. The van der Waals surface area contributed by atoms with Gasteiger partial charge in [0.05, 0.1) is 0 Å². The first-order valence-corrected chi connectivity index (χ1v) is 2.82. The zero-order valence-corrected chi connectivity index (χ0v) is 5.74. The Kier molecular flexibility index (Phi) is 1.63. The highest BCUT2D eigenvalue weighted by Gasteiger charge is 2.22. The van der Waals surface area contributed by atoms with Crippen LogP contribution in [0.15, 0.2) is 4.42 Å². The van der Waals surface area contributed by atoms with Crippen LogP contribution < -0.4 is 5.73 Å². The summed E-state index contributed by atoms with van der Waals surface area (Å²) in [4.78, 5) is 10.4. The van der Waals surface area contributed by atoms with Crippen LogP contribution in [0.5, 0.6) is 5.95 Å². The maximum Gasteiger partial charge on any atom is 0.345 e. The van der Waals surface area contributed by atoms with Gasteiger partial charge in [0.2, 0.25) is 5.76 Å². The van der Waals surface area contributed by atoms with E-state index >= 15 is 0 Å². The average molecular weight is 168 g/mol. The molecule has 1 aromatic heterocycles. The summed E-state index contributed by atoms with van der Waals surface area (Å²) >= 11 is 0. The standard InChI is InChI=1S/C6H4N2O4/c7-1-2-4(8)3(5(9)10)6(11)12-2/h11H,8H2,(H,9,10). The quantitative estimate of drug-likeness (QED) is 0.548. The van der Waals surface area contributed by atoms with Gasteiger partial charge in [0, 0.05) is 0 Å². The zero-order valence-electron chi connectivity index (χ0n) is 5.74. The molecule has 0 fully saturated rings. The fourth-order valence-corrected chi connectivity index (χ4v) is 0.721. The molecule has 0 radical (unpaired) electrons. The molecule has 6 heteroatoms. The number of hydrogen-bond donors (Lipinski definition) is 3. The fourth-order valence-electron chi connectivity index (χ4n) is 0.721. The molecule has 0 bridgehead atoms. The van der Waals surface area contributed by atoms with Gasteiger partial charge in [-0.05, 0) is 0 Å². The fraction of sp³-hybridized carbons (Fsp3) is 0. The van der Waals surface area contributed by atoms with Gasteiger partial charge in [-0.1, -0.05) is 0 Å². The molecule has 1 rings (SSSR count). The van der Waals surface area contributed by atoms with Gasteiger partial charge in [-0.2, -0.15) is 5.26 Å². The van der Waals surface area contributed by atoms with Crippen LogP contribution in [0.3, 0.4) is 0 Å². The number of hydrogen-bond acceptors (Lipinski definition) is 5. The molecular formula is C6H4N2O4. The van der Waals surface area contributed by atoms with E-state index in [0.29, 0.717) is 0 Å². The van der Waals surface area contributed by atoms with Crippen molar-refractivity contribution in [2.75, 3.05) is 5.73 Å². The minimum absolute atomic E-state index is 0.359. The van der Waals surface area contributed by atoms with Crippen LogP contribution >= 0.6 is 0 Å². The molecule has 0 atom stereocenters. The van der Waals surface area contributed by atoms with Crippen LogP contribution in [0.25, 0.3) is 0 Å². The summed E-state index contributed by atoms with van der Waals surface area (Å²) in [6.45, 7) is 0. The summed E-state index contributed by atoms with van der Waals surface area (Å²) < 4.78 is 4.34. The van der Waals surface area contributed by atoms with Crippen molar-refractivity contribution >= 4 is 11.7 Å². The monoisotopic (exact) mass is 168 g/mol. The molecule has 0 aliphatic rings. The number of carboxylic acids is 1. The topological polar surface area (TPSA) is 120 Å². The SMILES string of the molecule is N#Cc1oc(O)c(C(=O)O)c1N. The Bertz CT molecular complexity index is 374. The van der Waals surface area contributed by atoms with Gasteiger partial charge in [0.15, 0.2) is 5.56 Å². The van der Waals surface area contributed by atoms with Crippen molar-refractivity contribution in [3.63, 3.8) is 0 Å². The maximum atomic E-state index is 10.4. The number of nitrogen functional groups attached to an aromatic ring is 1. The Labute approximate surface area is 66.4 Å². The second kappa shape index (κ2) is 2.47. The second-order valence-electron chi connectivity index (χ2n) is 1.94. The molecule has 0 aromatic carbocycles. The van der Waals surface area contributed by atoms with Crippen molar-refractivity contribution in [1.29, 1.82) is 5.26 Å². The Balaban J connectivity index is 3.40. The number of nitriles is 1. The van der Waals surface area contributed by atoms with Crippen molar-refractivity contribution in [1.82, 2.24) is 0 Å². The predicted molar refractivity (Wildman–Crippen MR) is 36.5 cm³/mol. The van der Waals surface area contributed by atoms with Crippen LogP contribution in [-0.4, -0.2) is 16.2 Å². The number of aromatic carboxylic acids is 1. The summed E-state index contributed by atoms with van der Waals surface area (Å²) in [5, 5.41) is 25.6. The third kappa shape index (κ3) is 0.932. The highest BCUT2D eigenvalue weighted by atomic mass is 16.5. The summed E-state index contributed by atoms with van der Waals surface area (Å²) in [6, 6.07) is 1.50. The summed E-state index contributed by atoms with van der Waals surface area (Å²) in [5.74, 6) is -2.68. The lowest BCUT2D eigenvalue weighted by atomic mass is 10.2. The van der Waals surface area contributed by atoms with E-state index in [-0.39, 0.29) is 5.69 Å². The Hall–Kier alpha value is -2.16. The van der Waals surface area contributed by atoms with Crippen molar-refractivity contribution in [3.8, 4) is 12.0 Å². The Morgan fingerprint density at radius 1 is 1.67 bits per heavy atom. The number of aromatic hydroxyl groups is 1. The number of anilines is 1. The molecule has 4 N–H and O–H groups in total. The number of rotatable bonds is 1. The van der Waals surface area contributed by atoms with Crippen LogP contribution in [0.1, 0.15) is 16.1 Å². The van der Waals surface area contributed by atoms with Crippen molar-refractivity contribution in [2.24, 2.45) is 0 Å². The van der Waals surface area contributed by atoms with Gasteiger partial charge >= 0.3 is 5.97 Å². The van der Waals surface area contributed by atoms with Gasteiger partial charge in [0.1, 0.15) is 11.8 Å². The Morgan fingerprint density at radius 2 is 2.25 bits per heavy atom. The van der Waals surface area contributed by atoms with E-state index in [1.54, 1.807) is 0 Å². The van der Waals surface area contributed by atoms with Crippen molar-refractivity contribution < 1.29 is 19.4 Å². The predicted octanol–water partition coefficient (Wildman–Crippen LogP) is 0.137. The molecule has 0 spiro atoms. The summed E-state index contributed by atoms with van der Waals surface area (Å²) in [5.41, 5.74) is 4.22. The molecule has 1 heterocycles. The minimum atomic E-state index is -1.43. The first kappa shape index (κ1) is 7.94. The smallest absolute Gasteiger partial charge is 0.345 e. The number of carbonyl (C=O) groups is 1.